The third kappa shape index (κ3) is 3.03. The van der Waals surface area contributed by atoms with E-state index in [1.807, 2.05) is 12.1 Å². The van der Waals surface area contributed by atoms with Crippen LogP contribution in [0.1, 0.15) is 30.9 Å². The molecule has 0 saturated carbocycles. The van der Waals surface area contributed by atoms with Crippen molar-refractivity contribution in [3.8, 4) is 0 Å². The summed E-state index contributed by atoms with van der Waals surface area (Å²) in [4.78, 5) is 16.7. The summed E-state index contributed by atoms with van der Waals surface area (Å²) in [6.45, 7) is 5.17. The minimum absolute atomic E-state index is 0.0617. The fourth-order valence-electron chi connectivity index (χ4n) is 4.82. The lowest BCUT2D eigenvalue weighted by Gasteiger charge is -2.46. The van der Waals surface area contributed by atoms with Crippen LogP contribution in [-0.4, -0.2) is 41.4 Å². The SMILES string of the molecule is CC(=O)N1CC[C@@]2(c3ccccc3)CCN(Cc3ccc(F)cc3)C[C@@H]12. The monoisotopic (exact) mass is 352 g/mol. The van der Waals surface area contributed by atoms with Crippen LogP contribution in [0.5, 0.6) is 0 Å². The number of fused-ring (bicyclic) bond motifs is 1. The smallest absolute Gasteiger partial charge is 0.219 e. The molecule has 0 aliphatic carbocycles. The maximum absolute atomic E-state index is 13.2. The predicted octanol–water partition coefficient (Wildman–Crippen LogP) is 3.59. The number of halogens is 1. The fourth-order valence-corrected chi connectivity index (χ4v) is 4.82. The molecule has 0 N–H and O–H groups in total. The first-order valence-corrected chi connectivity index (χ1v) is 9.38. The summed E-state index contributed by atoms with van der Waals surface area (Å²) in [5.41, 5.74) is 2.54. The molecule has 0 unspecified atom stereocenters. The van der Waals surface area contributed by atoms with Gasteiger partial charge in [0.05, 0.1) is 6.04 Å². The highest BCUT2D eigenvalue weighted by Gasteiger charge is 2.51. The highest BCUT2D eigenvalue weighted by molar-refractivity contribution is 5.74. The Labute approximate surface area is 154 Å². The molecule has 1 amide bonds. The normalized spacial score (nSPS) is 25.9. The van der Waals surface area contributed by atoms with Gasteiger partial charge in [-0.2, -0.15) is 0 Å². The largest absolute Gasteiger partial charge is 0.338 e. The maximum Gasteiger partial charge on any atom is 0.219 e. The molecule has 2 aliphatic rings. The van der Waals surface area contributed by atoms with Crippen molar-refractivity contribution in [2.24, 2.45) is 0 Å². The number of likely N-dealkylation sites (tertiary alicyclic amines) is 2. The Morgan fingerprint density at radius 1 is 1.08 bits per heavy atom. The summed E-state index contributed by atoms with van der Waals surface area (Å²) in [6, 6.07) is 17.6. The van der Waals surface area contributed by atoms with Crippen molar-refractivity contribution < 1.29 is 9.18 Å². The molecular weight excluding hydrogens is 327 g/mol. The molecule has 0 radical (unpaired) electrons. The van der Waals surface area contributed by atoms with E-state index in [0.29, 0.717) is 0 Å². The highest BCUT2D eigenvalue weighted by atomic mass is 19.1. The zero-order valence-electron chi connectivity index (χ0n) is 15.2. The molecule has 0 spiro atoms. The first kappa shape index (κ1) is 17.2. The second-order valence-corrected chi connectivity index (χ2v) is 7.61. The van der Waals surface area contributed by atoms with Crippen LogP contribution < -0.4 is 0 Å². The number of hydrogen-bond acceptors (Lipinski definition) is 2. The van der Waals surface area contributed by atoms with Gasteiger partial charge in [0, 0.05) is 32.0 Å². The summed E-state index contributed by atoms with van der Waals surface area (Å²) in [5.74, 6) is -0.0366. The van der Waals surface area contributed by atoms with E-state index in [1.54, 1.807) is 6.92 Å². The van der Waals surface area contributed by atoms with Crippen LogP contribution in [0.25, 0.3) is 0 Å². The minimum Gasteiger partial charge on any atom is -0.338 e. The van der Waals surface area contributed by atoms with E-state index >= 15 is 0 Å². The summed E-state index contributed by atoms with van der Waals surface area (Å²) < 4.78 is 13.2. The van der Waals surface area contributed by atoms with Crippen LogP contribution in [-0.2, 0) is 16.8 Å². The third-order valence-corrected chi connectivity index (χ3v) is 6.19. The molecule has 2 saturated heterocycles. The molecule has 136 valence electrons. The van der Waals surface area contributed by atoms with Gasteiger partial charge in [-0.05, 0) is 42.6 Å². The van der Waals surface area contributed by atoms with Crippen LogP contribution in [0.15, 0.2) is 54.6 Å². The van der Waals surface area contributed by atoms with Crippen molar-refractivity contribution in [3.63, 3.8) is 0 Å². The van der Waals surface area contributed by atoms with E-state index in [1.165, 1.54) is 17.7 Å². The topological polar surface area (TPSA) is 23.6 Å². The lowest BCUT2D eigenvalue weighted by molar-refractivity contribution is -0.131. The summed E-state index contributed by atoms with van der Waals surface area (Å²) in [5, 5.41) is 0. The molecule has 2 aromatic carbocycles. The molecule has 2 atom stereocenters. The van der Waals surface area contributed by atoms with Gasteiger partial charge in [-0.15, -0.1) is 0 Å². The van der Waals surface area contributed by atoms with Gasteiger partial charge in [-0.3, -0.25) is 9.69 Å². The van der Waals surface area contributed by atoms with E-state index in [2.05, 4.69) is 40.1 Å². The number of carbonyl (C=O) groups excluding carboxylic acids is 1. The Morgan fingerprint density at radius 3 is 2.46 bits per heavy atom. The molecule has 2 heterocycles. The number of amides is 1. The maximum atomic E-state index is 13.2. The van der Waals surface area contributed by atoms with Crippen molar-refractivity contribution in [1.82, 2.24) is 9.80 Å². The fraction of sp³-hybridized carbons (Fsp3) is 0.409. The van der Waals surface area contributed by atoms with Crippen LogP contribution in [0, 0.1) is 5.82 Å². The van der Waals surface area contributed by atoms with Gasteiger partial charge in [-0.1, -0.05) is 42.5 Å². The van der Waals surface area contributed by atoms with E-state index in [4.69, 9.17) is 0 Å². The van der Waals surface area contributed by atoms with Gasteiger partial charge in [0.2, 0.25) is 5.91 Å². The van der Waals surface area contributed by atoms with Crippen molar-refractivity contribution in [3.05, 3.63) is 71.5 Å². The van der Waals surface area contributed by atoms with Gasteiger partial charge >= 0.3 is 0 Å². The van der Waals surface area contributed by atoms with Gasteiger partial charge in [0.25, 0.3) is 0 Å². The molecule has 26 heavy (non-hydrogen) atoms. The molecule has 4 heteroatoms. The molecule has 4 rings (SSSR count). The van der Waals surface area contributed by atoms with Crippen molar-refractivity contribution in [2.45, 2.75) is 37.8 Å². The number of hydrogen-bond donors (Lipinski definition) is 0. The number of piperidine rings is 1. The van der Waals surface area contributed by atoms with Crippen LogP contribution in [0.3, 0.4) is 0 Å². The Kier molecular flexibility index (Phi) is 4.53. The van der Waals surface area contributed by atoms with E-state index < -0.39 is 0 Å². The molecule has 3 nitrogen and oxygen atoms in total. The summed E-state index contributed by atoms with van der Waals surface area (Å²) in [6.07, 6.45) is 2.08. The van der Waals surface area contributed by atoms with Crippen LogP contribution >= 0.6 is 0 Å². The summed E-state index contributed by atoms with van der Waals surface area (Å²) in [7, 11) is 0. The van der Waals surface area contributed by atoms with Gasteiger partial charge in [0.1, 0.15) is 5.82 Å². The Hall–Kier alpha value is -2.20. The lowest BCUT2D eigenvalue weighted by Crippen LogP contribution is -2.56. The standard InChI is InChI=1S/C22H25FN2O/c1-17(26)25-14-12-22(19-5-3-2-4-6-19)11-13-24(16-21(22)25)15-18-7-9-20(23)10-8-18/h2-10,21H,11-16H2,1H3/t21-,22-/m1/s1. The zero-order valence-corrected chi connectivity index (χ0v) is 15.2. The average Bonchev–Trinajstić information content (AvgIpc) is 3.05. The number of carbonyl (C=O) groups is 1. The van der Waals surface area contributed by atoms with E-state index in [9.17, 15) is 9.18 Å². The second kappa shape index (κ2) is 6.84. The first-order chi connectivity index (χ1) is 12.6. The summed E-state index contributed by atoms with van der Waals surface area (Å²) >= 11 is 0. The lowest BCUT2D eigenvalue weighted by atomic mass is 9.69. The minimum atomic E-state index is -0.200. The van der Waals surface area contributed by atoms with Crippen molar-refractivity contribution in [2.75, 3.05) is 19.6 Å². The molecular formula is C22H25FN2O. The van der Waals surface area contributed by atoms with Crippen LogP contribution in [0.2, 0.25) is 0 Å². The molecule has 2 aliphatic heterocycles. The van der Waals surface area contributed by atoms with E-state index in [-0.39, 0.29) is 23.2 Å². The molecule has 0 aromatic heterocycles. The number of benzene rings is 2. The Bertz CT molecular complexity index is 776. The van der Waals surface area contributed by atoms with Crippen molar-refractivity contribution in [1.29, 1.82) is 0 Å². The quantitative estimate of drug-likeness (QED) is 0.843. The van der Waals surface area contributed by atoms with Crippen molar-refractivity contribution >= 4 is 5.91 Å². The van der Waals surface area contributed by atoms with Gasteiger partial charge in [0.15, 0.2) is 0 Å². The second-order valence-electron chi connectivity index (χ2n) is 7.61. The number of rotatable bonds is 3. The molecule has 0 bridgehead atoms. The van der Waals surface area contributed by atoms with Gasteiger partial charge in [-0.25, -0.2) is 4.39 Å². The predicted molar refractivity (Wildman–Crippen MR) is 100 cm³/mol. The Balaban J connectivity index is 1.59. The number of nitrogens with zero attached hydrogens (tertiary/aromatic N) is 2. The van der Waals surface area contributed by atoms with Crippen LogP contribution in [0.4, 0.5) is 4.39 Å². The van der Waals surface area contributed by atoms with Gasteiger partial charge < -0.3 is 4.90 Å². The highest BCUT2D eigenvalue weighted by Crippen LogP contribution is 2.46. The van der Waals surface area contributed by atoms with E-state index in [0.717, 1.165) is 44.6 Å². The Morgan fingerprint density at radius 2 is 1.77 bits per heavy atom. The third-order valence-electron chi connectivity index (χ3n) is 6.19. The first-order valence-electron chi connectivity index (χ1n) is 9.38. The molecule has 2 aromatic rings. The average molecular weight is 352 g/mol. The zero-order chi connectivity index (χ0) is 18.1. The molecule has 2 fully saturated rings.